The monoisotopic (exact) mass is 476 g/mol. The average molecular weight is 477 g/mol. The molecule has 0 unspecified atom stereocenters. The van der Waals surface area contributed by atoms with Gasteiger partial charge in [-0.15, -0.1) is 22.7 Å². The highest BCUT2D eigenvalue weighted by atomic mass is 32.1. The highest BCUT2D eigenvalue weighted by Crippen LogP contribution is 2.35. The maximum absolute atomic E-state index is 12.5. The van der Waals surface area contributed by atoms with E-state index in [0.717, 1.165) is 60.1 Å². The molecule has 5 rings (SSSR count). The fraction of sp³-hybridized carbons (Fsp3) is 0.346. The van der Waals surface area contributed by atoms with Gasteiger partial charge in [-0.05, 0) is 63.5 Å². The second-order valence-electron chi connectivity index (χ2n) is 8.84. The summed E-state index contributed by atoms with van der Waals surface area (Å²) in [5.74, 6) is 0.530. The van der Waals surface area contributed by atoms with Crippen molar-refractivity contribution in [3.8, 4) is 0 Å². The van der Waals surface area contributed by atoms with Gasteiger partial charge < -0.3 is 0 Å². The molecule has 0 spiro atoms. The Bertz CT molecular complexity index is 1250. The van der Waals surface area contributed by atoms with E-state index in [9.17, 15) is 4.79 Å². The number of para-hydroxylation sites is 1. The molecule has 0 aliphatic carbocycles. The van der Waals surface area contributed by atoms with Crippen molar-refractivity contribution in [2.45, 2.75) is 46.1 Å². The normalized spacial score (nSPS) is 15.2. The molecule has 1 amide bonds. The molecular weight excluding hydrogens is 448 g/mol. The molecule has 0 atom stereocenters. The van der Waals surface area contributed by atoms with Gasteiger partial charge in [0, 0.05) is 24.8 Å². The molecule has 2 aromatic heterocycles. The van der Waals surface area contributed by atoms with E-state index < -0.39 is 0 Å². The molecule has 7 heteroatoms. The number of rotatable bonds is 5. The lowest BCUT2D eigenvalue weighted by Gasteiger charge is -2.30. The van der Waals surface area contributed by atoms with Crippen LogP contribution in [0.2, 0.25) is 0 Å². The number of hydrogen-bond acceptors (Lipinski definition) is 6. The van der Waals surface area contributed by atoms with Crippen LogP contribution in [0, 0.1) is 13.8 Å². The molecule has 0 N–H and O–H groups in total. The van der Waals surface area contributed by atoms with Gasteiger partial charge in [-0.2, -0.15) is 0 Å². The van der Waals surface area contributed by atoms with Crippen LogP contribution in [0.25, 0.3) is 10.2 Å². The molecule has 0 saturated carbocycles. The molecule has 3 heterocycles. The van der Waals surface area contributed by atoms with Crippen LogP contribution in [-0.4, -0.2) is 33.9 Å². The standard InChI is InChI=1S/C26H28N4OS2/c1-17-8-9-23(18(2)14-17)30(19(3)31)26-27-21(16-32-26)15-29-12-10-20(11-13-29)25-28-22-6-4-5-7-24(22)33-25/h4-9,14,16,20H,10-13,15H2,1-3H3. The zero-order valence-electron chi connectivity index (χ0n) is 19.2. The first-order chi connectivity index (χ1) is 16.0. The second kappa shape index (κ2) is 9.33. The summed E-state index contributed by atoms with van der Waals surface area (Å²) in [4.78, 5) is 26.4. The van der Waals surface area contributed by atoms with Crippen molar-refractivity contribution < 1.29 is 4.79 Å². The Morgan fingerprint density at radius 1 is 1.12 bits per heavy atom. The highest BCUT2D eigenvalue weighted by Gasteiger charge is 2.25. The quantitative estimate of drug-likeness (QED) is 0.333. The van der Waals surface area contributed by atoms with Crippen molar-refractivity contribution in [1.29, 1.82) is 0 Å². The summed E-state index contributed by atoms with van der Waals surface area (Å²) in [7, 11) is 0. The molecule has 4 aromatic rings. The molecule has 2 aromatic carbocycles. The Labute approximate surface area is 202 Å². The summed E-state index contributed by atoms with van der Waals surface area (Å²) >= 11 is 3.38. The first-order valence-electron chi connectivity index (χ1n) is 11.4. The third kappa shape index (κ3) is 4.71. The van der Waals surface area contributed by atoms with Crippen LogP contribution in [0.15, 0.2) is 47.8 Å². The predicted octanol–water partition coefficient (Wildman–Crippen LogP) is 6.43. The van der Waals surface area contributed by atoms with Gasteiger partial charge >= 0.3 is 0 Å². The van der Waals surface area contributed by atoms with Gasteiger partial charge in [0.25, 0.3) is 0 Å². The number of aryl methyl sites for hydroxylation is 2. The van der Waals surface area contributed by atoms with Gasteiger partial charge in [0.2, 0.25) is 5.91 Å². The van der Waals surface area contributed by atoms with Crippen LogP contribution in [-0.2, 0) is 11.3 Å². The second-order valence-corrected chi connectivity index (χ2v) is 10.7. The van der Waals surface area contributed by atoms with E-state index in [1.54, 1.807) is 23.2 Å². The third-order valence-corrected chi connectivity index (χ3v) is 8.35. The van der Waals surface area contributed by atoms with Gasteiger partial charge in [0.15, 0.2) is 5.13 Å². The van der Waals surface area contributed by atoms with E-state index in [-0.39, 0.29) is 5.91 Å². The SMILES string of the molecule is CC(=O)N(c1nc(CN2CCC(c3nc4ccccc4s3)CC2)cs1)c1ccc(C)cc1C. The molecule has 1 fully saturated rings. The Kier molecular flexibility index (Phi) is 6.27. The summed E-state index contributed by atoms with van der Waals surface area (Å²) in [6.07, 6.45) is 2.25. The first-order valence-corrected chi connectivity index (χ1v) is 13.1. The number of thiazole rings is 2. The van der Waals surface area contributed by atoms with Crippen molar-refractivity contribution in [3.05, 3.63) is 69.7 Å². The molecule has 0 radical (unpaired) electrons. The van der Waals surface area contributed by atoms with Crippen molar-refractivity contribution in [1.82, 2.24) is 14.9 Å². The molecule has 33 heavy (non-hydrogen) atoms. The summed E-state index contributed by atoms with van der Waals surface area (Å²) in [6.45, 7) is 8.62. The number of hydrogen-bond donors (Lipinski definition) is 0. The number of benzene rings is 2. The lowest BCUT2D eigenvalue weighted by atomic mass is 9.97. The van der Waals surface area contributed by atoms with Gasteiger partial charge in [0.1, 0.15) is 0 Å². The topological polar surface area (TPSA) is 49.3 Å². The first kappa shape index (κ1) is 22.2. The molecule has 5 nitrogen and oxygen atoms in total. The van der Waals surface area contributed by atoms with Crippen LogP contribution >= 0.6 is 22.7 Å². The van der Waals surface area contributed by atoms with Gasteiger partial charge in [0.05, 0.1) is 26.6 Å². The average Bonchev–Trinajstić information content (AvgIpc) is 3.43. The molecular formula is C26H28N4OS2. The van der Waals surface area contributed by atoms with E-state index >= 15 is 0 Å². The lowest BCUT2D eigenvalue weighted by Crippen LogP contribution is -2.32. The minimum absolute atomic E-state index is 0.0143. The maximum atomic E-state index is 12.5. The van der Waals surface area contributed by atoms with Gasteiger partial charge in [-0.25, -0.2) is 9.97 Å². The predicted molar refractivity (Wildman–Crippen MR) is 138 cm³/mol. The Morgan fingerprint density at radius 2 is 1.91 bits per heavy atom. The molecule has 0 bridgehead atoms. The Hall–Kier alpha value is -2.61. The minimum atomic E-state index is -0.0143. The van der Waals surface area contributed by atoms with Crippen LogP contribution < -0.4 is 4.90 Å². The van der Waals surface area contributed by atoms with Crippen molar-refractivity contribution >= 4 is 49.6 Å². The zero-order chi connectivity index (χ0) is 22.9. The van der Waals surface area contributed by atoms with Gasteiger partial charge in [-0.3, -0.25) is 14.6 Å². The van der Waals surface area contributed by atoms with E-state index in [0.29, 0.717) is 5.92 Å². The zero-order valence-corrected chi connectivity index (χ0v) is 20.9. The number of nitrogens with zero attached hydrogens (tertiary/aromatic N) is 4. The summed E-state index contributed by atoms with van der Waals surface area (Å²) in [6, 6.07) is 14.6. The number of fused-ring (bicyclic) bond motifs is 1. The molecule has 1 aliphatic heterocycles. The minimum Gasteiger partial charge on any atom is -0.297 e. The van der Waals surface area contributed by atoms with E-state index in [2.05, 4.69) is 47.5 Å². The van der Waals surface area contributed by atoms with E-state index in [1.807, 2.05) is 30.4 Å². The summed E-state index contributed by atoms with van der Waals surface area (Å²) in [5, 5.41) is 4.11. The van der Waals surface area contributed by atoms with Crippen molar-refractivity contribution in [2.75, 3.05) is 18.0 Å². The summed E-state index contributed by atoms with van der Waals surface area (Å²) in [5.41, 5.74) is 5.33. The number of carbonyl (C=O) groups is 1. The van der Waals surface area contributed by atoms with E-state index in [4.69, 9.17) is 9.97 Å². The molecule has 1 saturated heterocycles. The van der Waals surface area contributed by atoms with Crippen molar-refractivity contribution in [3.63, 3.8) is 0 Å². The van der Waals surface area contributed by atoms with E-state index in [1.165, 1.54) is 15.3 Å². The fourth-order valence-electron chi connectivity index (χ4n) is 4.57. The molecule has 1 aliphatic rings. The van der Waals surface area contributed by atoms with Crippen LogP contribution in [0.3, 0.4) is 0 Å². The Morgan fingerprint density at radius 3 is 2.64 bits per heavy atom. The number of carbonyl (C=O) groups excluding carboxylic acids is 1. The maximum Gasteiger partial charge on any atom is 0.230 e. The number of piperidine rings is 1. The van der Waals surface area contributed by atoms with Crippen molar-refractivity contribution in [2.24, 2.45) is 0 Å². The number of aromatic nitrogens is 2. The highest BCUT2D eigenvalue weighted by molar-refractivity contribution is 7.18. The molecule has 170 valence electrons. The largest absolute Gasteiger partial charge is 0.297 e. The third-order valence-electron chi connectivity index (χ3n) is 6.27. The lowest BCUT2D eigenvalue weighted by molar-refractivity contribution is -0.115. The van der Waals surface area contributed by atoms with Crippen LogP contribution in [0.5, 0.6) is 0 Å². The number of likely N-dealkylation sites (tertiary alicyclic amines) is 1. The smallest absolute Gasteiger partial charge is 0.230 e. The summed E-state index contributed by atoms with van der Waals surface area (Å²) < 4.78 is 1.28. The van der Waals surface area contributed by atoms with Crippen LogP contribution in [0.1, 0.15) is 47.5 Å². The number of amides is 1. The number of anilines is 2. The Balaban J connectivity index is 1.25. The fourth-order valence-corrected chi connectivity index (χ4v) is 6.57. The van der Waals surface area contributed by atoms with Gasteiger partial charge in [-0.1, -0.05) is 29.8 Å². The van der Waals surface area contributed by atoms with Crippen LogP contribution in [0.4, 0.5) is 10.8 Å².